The Bertz CT molecular complexity index is 769. The Hall–Kier alpha value is -2.76. The molecule has 1 amide bonds. The second-order valence-electron chi connectivity index (χ2n) is 6.47. The van der Waals surface area contributed by atoms with E-state index in [2.05, 4.69) is 15.0 Å². The molecular formula is C20H21FN2O3. The van der Waals surface area contributed by atoms with Crippen LogP contribution in [0, 0.1) is 11.7 Å². The number of rotatable bonds is 5. The number of ether oxygens (including phenoxy) is 1. The minimum absolute atomic E-state index is 0.187. The fraction of sp³-hybridized carbons (Fsp3) is 0.350. The zero-order valence-corrected chi connectivity index (χ0v) is 14.6. The monoisotopic (exact) mass is 356 g/mol. The lowest BCUT2D eigenvalue weighted by Crippen LogP contribution is -2.33. The van der Waals surface area contributed by atoms with Crippen molar-refractivity contribution in [3.05, 3.63) is 65.2 Å². The van der Waals surface area contributed by atoms with E-state index in [1.54, 1.807) is 12.1 Å². The Labute approximate surface area is 151 Å². The highest BCUT2D eigenvalue weighted by atomic mass is 19.1. The van der Waals surface area contributed by atoms with Crippen molar-refractivity contribution in [1.82, 2.24) is 10.3 Å². The number of methoxy groups -OCH3 is 1. The third kappa shape index (κ3) is 4.07. The van der Waals surface area contributed by atoms with Gasteiger partial charge in [0.05, 0.1) is 18.7 Å². The molecule has 0 spiro atoms. The summed E-state index contributed by atoms with van der Waals surface area (Å²) in [5.74, 6) is -0.800. The van der Waals surface area contributed by atoms with E-state index in [1.165, 1.54) is 37.6 Å². The third-order valence-electron chi connectivity index (χ3n) is 4.80. The van der Waals surface area contributed by atoms with E-state index in [0.29, 0.717) is 5.92 Å². The first-order valence-corrected chi connectivity index (χ1v) is 8.69. The second-order valence-corrected chi connectivity index (χ2v) is 6.47. The van der Waals surface area contributed by atoms with Crippen LogP contribution in [0.2, 0.25) is 0 Å². The van der Waals surface area contributed by atoms with Gasteiger partial charge in [-0.05, 0) is 48.6 Å². The number of esters is 1. The molecule has 1 fully saturated rings. The first kappa shape index (κ1) is 18.0. The first-order chi connectivity index (χ1) is 12.6. The van der Waals surface area contributed by atoms with Crippen LogP contribution in [-0.2, 0) is 4.74 Å². The van der Waals surface area contributed by atoms with Crippen molar-refractivity contribution in [2.45, 2.75) is 31.7 Å². The lowest BCUT2D eigenvalue weighted by atomic mass is 9.91. The molecule has 0 saturated heterocycles. The molecule has 26 heavy (non-hydrogen) atoms. The van der Waals surface area contributed by atoms with Gasteiger partial charge in [0.1, 0.15) is 11.5 Å². The van der Waals surface area contributed by atoms with Crippen LogP contribution in [0.25, 0.3) is 0 Å². The van der Waals surface area contributed by atoms with Gasteiger partial charge in [0.15, 0.2) is 0 Å². The Morgan fingerprint density at radius 1 is 1.15 bits per heavy atom. The number of benzene rings is 1. The number of amides is 1. The van der Waals surface area contributed by atoms with Crippen molar-refractivity contribution in [1.29, 1.82) is 0 Å². The number of halogens is 1. The largest absolute Gasteiger partial charge is 0.465 e. The molecule has 0 radical (unpaired) electrons. The molecule has 5 nitrogen and oxygen atoms in total. The van der Waals surface area contributed by atoms with Crippen molar-refractivity contribution < 1.29 is 18.7 Å². The quantitative estimate of drug-likeness (QED) is 0.830. The smallest absolute Gasteiger partial charge is 0.339 e. The summed E-state index contributed by atoms with van der Waals surface area (Å²) in [7, 11) is 1.29. The number of carbonyl (C=O) groups is 2. The van der Waals surface area contributed by atoms with E-state index in [4.69, 9.17) is 0 Å². The summed E-state index contributed by atoms with van der Waals surface area (Å²) >= 11 is 0. The van der Waals surface area contributed by atoms with Crippen molar-refractivity contribution in [2.24, 2.45) is 5.92 Å². The molecule has 1 N–H and O–H groups in total. The molecular weight excluding hydrogens is 335 g/mol. The van der Waals surface area contributed by atoms with Crippen molar-refractivity contribution in [2.75, 3.05) is 7.11 Å². The maximum atomic E-state index is 13.3. The number of nitrogens with one attached hydrogen (secondary N) is 1. The first-order valence-electron chi connectivity index (χ1n) is 8.69. The third-order valence-corrected chi connectivity index (χ3v) is 4.80. The van der Waals surface area contributed by atoms with Crippen molar-refractivity contribution >= 4 is 11.9 Å². The van der Waals surface area contributed by atoms with E-state index in [1.807, 2.05) is 0 Å². The molecule has 2 aromatic rings. The summed E-state index contributed by atoms with van der Waals surface area (Å²) in [5, 5.41) is 3.03. The number of nitrogens with zero attached hydrogens (tertiary/aromatic N) is 1. The van der Waals surface area contributed by atoms with Gasteiger partial charge >= 0.3 is 5.97 Å². The zero-order valence-electron chi connectivity index (χ0n) is 14.6. The molecule has 1 atom stereocenters. The summed E-state index contributed by atoms with van der Waals surface area (Å²) in [4.78, 5) is 28.2. The predicted molar refractivity (Wildman–Crippen MR) is 94.1 cm³/mol. The summed E-state index contributed by atoms with van der Waals surface area (Å²) in [5.41, 5.74) is 1.40. The lowest BCUT2D eigenvalue weighted by Gasteiger charge is -2.25. The fourth-order valence-corrected chi connectivity index (χ4v) is 3.42. The van der Waals surface area contributed by atoms with Crippen LogP contribution in [-0.4, -0.2) is 24.0 Å². The van der Waals surface area contributed by atoms with Gasteiger partial charge in [-0.3, -0.25) is 9.78 Å². The lowest BCUT2D eigenvalue weighted by molar-refractivity contribution is 0.0599. The molecule has 1 heterocycles. The summed E-state index contributed by atoms with van der Waals surface area (Å²) in [6.45, 7) is 0. The average Bonchev–Trinajstić information content (AvgIpc) is 3.20. The van der Waals surface area contributed by atoms with E-state index in [9.17, 15) is 14.0 Å². The number of carbonyl (C=O) groups excluding carboxylic acids is 2. The molecule has 1 aliphatic rings. The van der Waals surface area contributed by atoms with Gasteiger partial charge in [-0.25, -0.2) is 9.18 Å². The van der Waals surface area contributed by atoms with Crippen molar-refractivity contribution in [3.8, 4) is 0 Å². The van der Waals surface area contributed by atoms with Gasteiger partial charge in [0, 0.05) is 6.20 Å². The Kier molecular flexibility index (Phi) is 5.61. The highest BCUT2D eigenvalue weighted by molar-refractivity contribution is 5.94. The number of hydrogen-bond donors (Lipinski definition) is 1. The standard InChI is InChI=1S/C20H21FN2O3/c1-26-20(25)15-8-11-17(22-12-15)19(24)23-18(13-4-2-3-5-13)14-6-9-16(21)10-7-14/h6-13,18H,2-5H2,1H3,(H,23,24). The average molecular weight is 356 g/mol. The van der Waals surface area contributed by atoms with Crippen molar-refractivity contribution in [3.63, 3.8) is 0 Å². The minimum Gasteiger partial charge on any atom is -0.465 e. The second kappa shape index (κ2) is 8.08. The van der Waals surface area contributed by atoms with E-state index in [-0.39, 0.29) is 29.0 Å². The van der Waals surface area contributed by atoms with Crippen LogP contribution in [0.3, 0.4) is 0 Å². The molecule has 0 aliphatic heterocycles. The topological polar surface area (TPSA) is 68.3 Å². The fourth-order valence-electron chi connectivity index (χ4n) is 3.42. The predicted octanol–water partition coefficient (Wildman–Crippen LogP) is 3.67. The maximum Gasteiger partial charge on any atom is 0.339 e. The highest BCUT2D eigenvalue weighted by Gasteiger charge is 2.28. The molecule has 1 unspecified atom stereocenters. The van der Waals surface area contributed by atoms with Crippen LogP contribution in [0.1, 0.15) is 58.1 Å². The Balaban J connectivity index is 1.78. The molecule has 6 heteroatoms. The minimum atomic E-state index is -0.500. The van der Waals surface area contributed by atoms with E-state index in [0.717, 1.165) is 31.2 Å². The summed E-state index contributed by atoms with van der Waals surface area (Å²) in [6.07, 6.45) is 5.63. The maximum absolute atomic E-state index is 13.3. The van der Waals surface area contributed by atoms with Crippen LogP contribution in [0.15, 0.2) is 42.6 Å². The highest BCUT2D eigenvalue weighted by Crippen LogP contribution is 2.36. The van der Waals surface area contributed by atoms with Crippen LogP contribution in [0.5, 0.6) is 0 Å². The Morgan fingerprint density at radius 2 is 1.85 bits per heavy atom. The number of hydrogen-bond acceptors (Lipinski definition) is 4. The van der Waals surface area contributed by atoms with Gasteiger partial charge in [-0.15, -0.1) is 0 Å². The van der Waals surface area contributed by atoms with Gasteiger partial charge in [-0.1, -0.05) is 25.0 Å². The summed E-state index contributed by atoms with van der Waals surface area (Å²) in [6, 6.07) is 9.07. The molecule has 3 rings (SSSR count). The molecule has 1 aromatic heterocycles. The van der Waals surface area contributed by atoms with Crippen LogP contribution >= 0.6 is 0 Å². The molecule has 1 aromatic carbocycles. The molecule has 1 saturated carbocycles. The molecule has 1 aliphatic carbocycles. The number of pyridine rings is 1. The number of aromatic nitrogens is 1. The van der Waals surface area contributed by atoms with Crippen LogP contribution in [0.4, 0.5) is 4.39 Å². The molecule has 136 valence electrons. The Morgan fingerprint density at radius 3 is 2.42 bits per heavy atom. The summed E-state index contributed by atoms with van der Waals surface area (Å²) < 4.78 is 17.9. The SMILES string of the molecule is COC(=O)c1ccc(C(=O)NC(c2ccc(F)cc2)C2CCCC2)nc1. The van der Waals surface area contributed by atoms with E-state index < -0.39 is 5.97 Å². The van der Waals surface area contributed by atoms with Gasteiger partial charge in [-0.2, -0.15) is 0 Å². The van der Waals surface area contributed by atoms with Gasteiger partial charge in [0.2, 0.25) is 0 Å². The van der Waals surface area contributed by atoms with Gasteiger partial charge < -0.3 is 10.1 Å². The zero-order chi connectivity index (χ0) is 18.5. The van der Waals surface area contributed by atoms with E-state index >= 15 is 0 Å². The van der Waals surface area contributed by atoms with Gasteiger partial charge in [0.25, 0.3) is 5.91 Å². The normalized spacial score (nSPS) is 15.5. The van der Waals surface area contributed by atoms with Crippen LogP contribution < -0.4 is 5.32 Å². The molecule has 0 bridgehead atoms.